The van der Waals surface area contributed by atoms with E-state index in [1.807, 2.05) is 32.1 Å². The van der Waals surface area contributed by atoms with Crippen molar-refractivity contribution in [3.63, 3.8) is 0 Å². The molecule has 2 rings (SSSR count). The van der Waals surface area contributed by atoms with Gasteiger partial charge in [-0.3, -0.25) is 0 Å². The lowest BCUT2D eigenvalue weighted by Gasteiger charge is -2.24. The third kappa shape index (κ3) is 5.44. The first-order valence-electron chi connectivity index (χ1n) is 8.92. The number of carbonyl (C=O) groups excluding carboxylic acids is 1. The Morgan fingerprint density at radius 3 is 2.56 bits per heavy atom. The molecule has 2 N–H and O–H groups in total. The van der Waals surface area contributed by atoms with Gasteiger partial charge in [0.25, 0.3) is 0 Å². The fourth-order valence-corrected chi connectivity index (χ4v) is 4.10. The molecule has 1 heterocycles. The van der Waals surface area contributed by atoms with Gasteiger partial charge in [0.2, 0.25) is 0 Å². The Kier molecular flexibility index (Phi) is 6.47. The minimum absolute atomic E-state index is 0.201. The first kappa shape index (κ1) is 19.7. The topological polar surface area (TPSA) is 50.4 Å². The van der Waals surface area contributed by atoms with Crippen LogP contribution in [0.25, 0.3) is 10.1 Å². The zero-order chi connectivity index (χ0) is 18.6. The molecule has 2 atom stereocenters. The number of benzene rings is 1. The molecule has 0 aliphatic heterocycles. The molecule has 4 nitrogen and oxygen atoms in total. The number of alkyl carbamates (subject to hydrolysis) is 1. The Bertz CT molecular complexity index is 718. The monoisotopic (exact) mass is 362 g/mol. The second-order valence-corrected chi connectivity index (χ2v) is 8.55. The number of rotatable bonds is 6. The Hall–Kier alpha value is -1.59. The maximum Gasteiger partial charge on any atom is 0.407 e. The van der Waals surface area contributed by atoms with E-state index in [0.29, 0.717) is 6.54 Å². The summed E-state index contributed by atoms with van der Waals surface area (Å²) in [5, 5.41) is 7.84. The largest absolute Gasteiger partial charge is 0.444 e. The van der Waals surface area contributed by atoms with Crippen LogP contribution in [0.2, 0.25) is 0 Å². The Morgan fingerprint density at radius 2 is 1.96 bits per heavy atom. The van der Waals surface area contributed by atoms with Crippen molar-refractivity contribution >= 4 is 27.5 Å². The van der Waals surface area contributed by atoms with Crippen LogP contribution in [0.1, 0.15) is 57.5 Å². The SMILES string of the molecule is CCC(CNC(=O)OC(C)(C)C)NC(C)c1sc2ccccc2c1C. The quantitative estimate of drug-likeness (QED) is 0.746. The standard InChI is InChI=1S/C20H30N2O2S/c1-7-15(12-21-19(23)24-20(4,5)6)22-14(3)18-13(2)16-10-8-9-11-17(16)25-18/h8-11,14-15,22H,7,12H2,1-6H3,(H,21,23). The Morgan fingerprint density at radius 1 is 1.28 bits per heavy atom. The molecule has 1 amide bonds. The van der Waals surface area contributed by atoms with Crippen LogP contribution in [0, 0.1) is 6.92 Å². The lowest BCUT2D eigenvalue weighted by molar-refractivity contribution is 0.0521. The van der Waals surface area contributed by atoms with Gasteiger partial charge in [-0.05, 0) is 58.1 Å². The summed E-state index contributed by atoms with van der Waals surface area (Å²) in [6, 6.07) is 8.96. The van der Waals surface area contributed by atoms with E-state index in [1.165, 1.54) is 20.5 Å². The summed E-state index contributed by atoms with van der Waals surface area (Å²) in [5.41, 5.74) is 0.872. The number of hydrogen-bond acceptors (Lipinski definition) is 4. The maximum atomic E-state index is 11.8. The highest BCUT2D eigenvalue weighted by Crippen LogP contribution is 2.34. The van der Waals surface area contributed by atoms with E-state index in [-0.39, 0.29) is 18.2 Å². The first-order valence-corrected chi connectivity index (χ1v) is 9.74. The molecule has 0 spiro atoms. The summed E-state index contributed by atoms with van der Waals surface area (Å²) in [4.78, 5) is 13.2. The van der Waals surface area contributed by atoms with E-state index in [2.05, 4.69) is 55.7 Å². The second-order valence-electron chi connectivity index (χ2n) is 7.46. The van der Waals surface area contributed by atoms with Gasteiger partial charge in [-0.1, -0.05) is 25.1 Å². The number of hydrogen-bond donors (Lipinski definition) is 2. The van der Waals surface area contributed by atoms with Crippen molar-refractivity contribution in [3.05, 3.63) is 34.7 Å². The van der Waals surface area contributed by atoms with Crippen molar-refractivity contribution in [1.29, 1.82) is 0 Å². The average molecular weight is 363 g/mol. The van der Waals surface area contributed by atoms with Crippen LogP contribution in [0.3, 0.4) is 0 Å². The lowest BCUT2D eigenvalue weighted by atomic mass is 10.1. The number of aryl methyl sites for hydroxylation is 1. The van der Waals surface area contributed by atoms with Crippen molar-refractivity contribution in [1.82, 2.24) is 10.6 Å². The van der Waals surface area contributed by atoms with Crippen LogP contribution in [0.15, 0.2) is 24.3 Å². The fraction of sp³-hybridized carbons (Fsp3) is 0.550. The van der Waals surface area contributed by atoms with E-state index in [0.717, 1.165) is 6.42 Å². The van der Waals surface area contributed by atoms with E-state index in [1.54, 1.807) is 0 Å². The molecule has 5 heteroatoms. The summed E-state index contributed by atoms with van der Waals surface area (Å²) in [5.74, 6) is 0. The molecule has 0 radical (unpaired) electrons. The molecule has 1 aromatic carbocycles. The molecule has 0 bridgehead atoms. The zero-order valence-electron chi connectivity index (χ0n) is 16.1. The van der Waals surface area contributed by atoms with Crippen LogP contribution in [0.5, 0.6) is 0 Å². The van der Waals surface area contributed by atoms with Crippen LogP contribution in [-0.4, -0.2) is 24.3 Å². The molecule has 0 saturated heterocycles. The third-order valence-electron chi connectivity index (χ3n) is 4.14. The Balaban J connectivity index is 1.98. The second kappa shape index (κ2) is 8.19. The number of fused-ring (bicyclic) bond motifs is 1. The maximum absolute atomic E-state index is 11.8. The molecule has 0 fully saturated rings. The predicted octanol–water partition coefficient (Wildman–Crippen LogP) is 5.16. The molecule has 0 aliphatic carbocycles. The number of nitrogens with one attached hydrogen (secondary N) is 2. The molecule has 25 heavy (non-hydrogen) atoms. The van der Waals surface area contributed by atoms with Crippen molar-refractivity contribution < 1.29 is 9.53 Å². The summed E-state index contributed by atoms with van der Waals surface area (Å²) < 4.78 is 6.63. The lowest BCUT2D eigenvalue weighted by Crippen LogP contribution is -2.43. The van der Waals surface area contributed by atoms with Crippen molar-refractivity contribution in [3.8, 4) is 0 Å². The Labute approximate surface area is 155 Å². The molecular weight excluding hydrogens is 332 g/mol. The minimum Gasteiger partial charge on any atom is -0.444 e. The highest BCUT2D eigenvalue weighted by atomic mass is 32.1. The number of thiophene rings is 1. The van der Waals surface area contributed by atoms with Crippen LogP contribution >= 0.6 is 11.3 Å². The summed E-state index contributed by atoms with van der Waals surface area (Å²) >= 11 is 1.84. The normalized spacial score (nSPS) is 14.3. The van der Waals surface area contributed by atoms with E-state index < -0.39 is 5.60 Å². The van der Waals surface area contributed by atoms with Gasteiger partial charge in [-0.25, -0.2) is 4.79 Å². The summed E-state index contributed by atoms with van der Waals surface area (Å²) in [6.45, 7) is 12.7. The molecule has 0 aliphatic rings. The number of carbonyl (C=O) groups is 1. The average Bonchev–Trinajstić information content (AvgIpc) is 2.87. The molecule has 1 aromatic heterocycles. The fourth-order valence-electron chi connectivity index (χ4n) is 2.88. The zero-order valence-corrected chi connectivity index (χ0v) is 16.9. The van der Waals surface area contributed by atoms with Gasteiger partial charge in [0.1, 0.15) is 5.60 Å². The number of ether oxygens (including phenoxy) is 1. The minimum atomic E-state index is -0.472. The first-order chi connectivity index (χ1) is 11.7. The van der Waals surface area contributed by atoms with Crippen LogP contribution in [0.4, 0.5) is 4.79 Å². The predicted molar refractivity (Wildman–Crippen MR) is 106 cm³/mol. The number of amides is 1. The van der Waals surface area contributed by atoms with Gasteiger partial charge < -0.3 is 15.4 Å². The van der Waals surface area contributed by atoms with Gasteiger partial charge in [0, 0.05) is 28.2 Å². The molecular formula is C20H30N2O2S. The van der Waals surface area contributed by atoms with E-state index >= 15 is 0 Å². The summed E-state index contributed by atoms with van der Waals surface area (Å²) in [6.07, 6.45) is 0.572. The molecule has 0 saturated carbocycles. The van der Waals surface area contributed by atoms with Gasteiger partial charge in [-0.15, -0.1) is 11.3 Å². The van der Waals surface area contributed by atoms with Gasteiger partial charge in [0.15, 0.2) is 0 Å². The van der Waals surface area contributed by atoms with Crippen molar-refractivity contribution in [2.24, 2.45) is 0 Å². The highest BCUT2D eigenvalue weighted by molar-refractivity contribution is 7.19. The molecule has 2 unspecified atom stereocenters. The van der Waals surface area contributed by atoms with E-state index in [4.69, 9.17) is 4.74 Å². The van der Waals surface area contributed by atoms with Crippen molar-refractivity contribution in [2.45, 2.75) is 65.6 Å². The molecule has 2 aromatic rings. The van der Waals surface area contributed by atoms with Gasteiger partial charge >= 0.3 is 6.09 Å². The smallest absolute Gasteiger partial charge is 0.407 e. The highest BCUT2D eigenvalue weighted by Gasteiger charge is 2.20. The van der Waals surface area contributed by atoms with Gasteiger partial charge in [0.05, 0.1) is 0 Å². The third-order valence-corrected chi connectivity index (χ3v) is 5.60. The summed E-state index contributed by atoms with van der Waals surface area (Å²) in [7, 11) is 0. The molecule has 138 valence electrons. The van der Waals surface area contributed by atoms with E-state index in [9.17, 15) is 4.79 Å². The van der Waals surface area contributed by atoms with Gasteiger partial charge in [-0.2, -0.15) is 0 Å². The van der Waals surface area contributed by atoms with Crippen molar-refractivity contribution in [2.75, 3.05) is 6.54 Å². The van der Waals surface area contributed by atoms with Crippen LogP contribution < -0.4 is 10.6 Å². The van der Waals surface area contributed by atoms with Crippen LogP contribution in [-0.2, 0) is 4.74 Å².